The molecular formula is C22H27N3O3. The summed E-state index contributed by atoms with van der Waals surface area (Å²) in [7, 11) is 0. The maximum atomic E-state index is 13.0. The van der Waals surface area contributed by atoms with Crippen LogP contribution in [0.3, 0.4) is 0 Å². The van der Waals surface area contributed by atoms with Gasteiger partial charge in [0, 0.05) is 24.3 Å². The summed E-state index contributed by atoms with van der Waals surface area (Å²) in [6, 6.07) is 9.62. The van der Waals surface area contributed by atoms with Crippen molar-refractivity contribution in [2.75, 3.05) is 31.1 Å². The Labute approximate surface area is 165 Å². The highest BCUT2D eigenvalue weighted by Crippen LogP contribution is 2.31. The number of hydrogen-bond donors (Lipinski definition) is 1. The predicted octanol–water partition coefficient (Wildman–Crippen LogP) is 2.83. The summed E-state index contributed by atoms with van der Waals surface area (Å²) < 4.78 is 5.56. The molecule has 2 aliphatic rings. The molecule has 1 aromatic carbocycles. The van der Waals surface area contributed by atoms with Gasteiger partial charge >= 0.3 is 0 Å². The Hall–Kier alpha value is -2.60. The van der Waals surface area contributed by atoms with E-state index in [4.69, 9.17) is 4.42 Å². The maximum absolute atomic E-state index is 13.0. The van der Waals surface area contributed by atoms with Crippen molar-refractivity contribution in [3.05, 3.63) is 53.5 Å². The Balaban J connectivity index is 1.44. The number of rotatable bonds is 6. The van der Waals surface area contributed by atoms with Crippen LogP contribution in [0.2, 0.25) is 0 Å². The Morgan fingerprint density at radius 2 is 2.00 bits per heavy atom. The number of hydrogen-bond acceptors (Lipinski definition) is 4. The molecule has 28 heavy (non-hydrogen) atoms. The van der Waals surface area contributed by atoms with Crippen LogP contribution in [-0.4, -0.2) is 42.9 Å². The third-order valence-corrected chi connectivity index (χ3v) is 5.78. The number of carbonyl (C=O) groups is 2. The number of nitrogens with zero attached hydrogens (tertiary/aromatic N) is 2. The van der Waals surface area contributed by atoms with Crippen LogP contribution in [0, 0.1) is 5.92 Å². The minimum absolute atomic E-state index is 0.0602. The lowest BCUT2D eigenvalue weighted by atomic mass is 9.96. The van der Waals surface area contributed by atoms with Gasteiger partial charge < -0.3 is 19.5 Å². The fourth-order valence-electron chi connectivity index (χ4n) is 4.14. The standard InChI is InChI=1S/C22H27N3O3/c1-2-23-14-16-7-10-24(11-8-16)22(27)21-18(9-12-28-21)15-25-19-6-4-3-5-17(19)13-20(25)26/h3-6,9,12,16,23H,2,7-8,10-11,13-15H2,1H3. The molecule has 1 saturated heterocycles. The highest BCUT2D eigenvalue weighted by molar-refractivity contribution is 6.01. The molecule has 0 atom stereocenters. The minimum atomic E-state index is -0.0677. The quantitative estimate of drug-likeness (QED) is 0.836. The topological polar surface area (TPSA) is 65.8 Å². The number of anilines is 1. The van der Waals surface area contributed by atoms with Gasteiger partial charge in [0.15, 0.2) is 5.76 Å². The molecular weight excluding hydrogens is 354 g/mol. The number of piperidine rings is 1. The summed E-state index contributed by atoms with van der Waals surface area (Å²) in [6.45, 7) is 5.97. The van der Waals surface area contributed by atoms with Gasteiger partial charge in [-0.2, -0.15) is 0 Å². The van der Waals surface area contributed by atoms with Crippen molar-refractivity contribution < 1.29 is 14.0 Å². The molecule has 0 aliphatic carbocycles. The van der Waals surface area contributed by atoms with E-state index in [1.54, 1.807) is 17.2 Å². The Morgan fingerprint density at radius 1 is 1.21 bits per heavy atom. The molecule has 148 valence electrons. The number of likely N-dealkylation sites (tertiary alicyclic amines) is 1. The molecule has 0 bridgehead atoms. The van der Waals surface area contributed by atoms with E-state index in [2.05, 4.69) is 12.2 Å². The van der Waals surface area contributed by atoms with Crippen LogP contribution in [0.4, 0.5) is 5.69 Å². The molecule has 6 heteroatoms. The number of carbonyl (C=O) groups excluding carboxylic acids is 2. The Morgan fingerprint density at radius 3 is 2.79 bits per heavy atom. The second kappa shape index (κ2) is 8.19. The van der Waals surface area contributed by atoms with Crippen LogP contribution in [-0.2, 0) is 17.8 Å². The average Bonchev–Trinajstić information content (AvgIpc) is 3.31. The zero-order chi connectivity index (χ0) is 19.5. The van der Waals surface area contributed by atoms with Crippen LogP contribution in [0.25, 0.3) is 0 Å². The lowest BCUT2D eigenvalue weighted by molar-refractivity contribution is -0.117. The molecule has 0 unspecified atom stereocenters. The Bertz CT molecular complexity index is 852. The average molecular weight is 381 g/mol. The lowest BCUT2D eigenvalue weighted by Crippen LogP contribution is -2.41. The van der Waals surface area contributed by atoms with E-state index >= 15 is 0 Å². The molecule has 0 saturated carbocycles. The molecule has 1 fully saturated rings. The highest BCUT2D eigenvalue weighted by Gasteiger charge is 2.31. The molecule has 2 amide bonds. The molecule has 2 aromatic rings. The Kier molecular flexibility index (Phi) is 5.48. The molecule has 0 spiro atoms. The summed E-state index contributed by atoms with van der Waals surface area (Å²) in [4.78, 5) is 29.1. The predicted molar refractivity (Wildman–Crippen MR) is 107 cm³/mol. The van der Waals surface area contributed by atoms with Crippen LogP contribution in [0.5, 0.6) is 0 Å². The molecule has 1 aromatic heterocycles. The van der Waals surface area contributed by atoms with Crippen molar-refractivity contribution in [2.45, 2.75) is 32.7 Å². The highest BCUT2D eigenvalue weighted by atomic mass is 16.3. The van der Waals surface area contributed by atoms with E-state index in [1.807, 2.05) is 29.2 Å². The van der Waals surface area contributed by atoms with Gasteiger partial charge in [0.2, 0.25) is 5.91 Å². The SMILES string of the molecule is CCNCC1CCN(C(=O)c2occc2CN2C(=O)Cc3ccccc32)CC1. The maximum Gasteiger partial charge on any atom is 0.289 e. The molecule has 2 aliphatic heterocycles. The van der Waals surface area contributed by atoms with E-state index in [0.717, 1.165) is 55.8 Å². The van der Waals surface area contributed by atoms with Crippen molar-refractivity contribution in [1.82, 2.24) is 10.2 Å². The first kappa shape index (κ1) is 18.7. The van der Waals surface area contributed by atoms with Crippen molar-refractivity contribution in [2.24, 2.45) is 5.92 Å². The van der Waals surface area contributed by atoms with E-state index in [-0.39, 0.29) is 11.8 Å². The number of fused-ring (bicyclic) bond motifs is 1. The second-order valence-corrected chi connectivity index (χ2v) is 7.60. The second-order valence-electron chi connectivity index (χ2n) is 7.60. The number of benzene rings is 1. The van der Waals surface area contributed by atoms with E-state index in [9.17, 15) is 9.59 Å². The molecule has 6 nitrogen and oxygen atoms in total. The first-order valence-electron chi connectivity index (χ1n) is 10.1. The summed E-state index contributed by atoms with van der Waals surface area (Å²) >= 11 is 0. The first-order chi connectivity index (χ1) is 13.7. The molecule has 3 heterocycles. The molecule has 1 N–H and O–H groups in total. The van der Waals surface area contributed by atoms with Crippen molar-refractivity contribution in [3.8, 4) is 0 Å². The summed E-state index contributed by atoms with van der Waals surface area (Å²) in [6.07, 6.45) is 3.98. The third-order valence-electron chi connectivity index (χ3n) is 5.78. The van der Waals surface area contributed by atoms with Crippen molar-refractivity contribution in [1.29, 1.82) is 0 Å². The summed E-state index contributed by atoms with van der Waals surface area (Å²) in [5, 5.41) is 3.39. The summed E-state index contributed by atoms with van der Waals surface area (Å²) in [5.41, 5.74) is 2.73. The smallest absolute Gasteiger partial charge is 0.289 e. The van der Waals surface area contributed by atoms with Gasteiger partial charge in [0.1, 0.15) is 0 Å². The van der Waals surface area contributed by atoms with Gasteiger partial charge in [-0.05, 0) is 49.5 Å². The van der Waals surface area contributed by atoms with Gasteiger partial charge in [0.25, 0.3) is 5.91 Å². The van der Waals surface area contributed by atoms with Gasteiger partial charge in [0.05, 0.1) is 19.2 Å². The van der Waals surface area contributed by atoms with Crippen molar-refractivity contribution in [3.63, 3.8) is 0 Å². The number of amides is 2. The van der Waals surface area contributed by atoms with E-state index in [0.29, 0.717) is 24.6 Å². The number of furan rings is 1. The normalized spacial score (nSPS) is 17.2. The van der Waals surface area contributed by atoms with Crippen LogP contribution >= 0.6 is 0 Å². The summed E-state index contributed by atoms with van der Waals surface area (Å²) in [5.74, 6) is 0.980. The fourth-order valence-corrected chi connectivity index (χ4v) is 4.14. The fraction of sp³-hybridized carbons (Fsp3) is 0.455. The van der Waals surface area contributed by atoms with E-state index in [1.165, 1.54) is 0 Å². The zero-order valence-corrected chi connectivity index (χ0v) is 16.3. The van der Waals surface area contributed by atoms with Crippen LogP contribution < -0.4 is 10.2 Å². The first-order valence-corrected chi connectivity index (χ1v) is 10.1. The van der Waals surface area contributed by atoms with Gasteiger partial charge in [-0.25, -0.2) is 0 Å². The largest absolute Gasteiger partial charge is 0.459 e. The minimum Gasteiger partial charge on any atom is -0.459 e. The van der Waals surface area contributed by atoms with Gasteiger partial charge in [-0.3, -0.25) is 9.59 Å². The van der Waals surface area contributed by atoms with Crippen LogP contribution in [0.15, 0.2) is 41.0 Å². The third kappa shape index (κ3) is 3.69. The molecule has 0 radical (unpaired) electrons. The lowest BCUT2D eigenvalue weighted by Gasteiger charge is -2.31. The number of para-hydroxylation sites is 1. The number of nitrogens with one attached hydrogen (secondary N) is 1. The van der Waals surface area contributed by atoms with Gasteiger partial charge in [-0.1, -0.05) is 25.1 Å². The van der Waals surface area contributed by atoms with E-state index < -0.39 is 0 Å². The van der Waals surface area contributed by atoms with Crippen molar-refractivity contribution >= 4 is 17.5 Å². The molecule has 4 rings (SSSR count). The monoisotopic (exact) mass is 381 g/mol. The van der Waals surface area contributed by atoms with Crippen LogP contribution in [0.1, 0.15) is 41.4 Å². The zero-order valence-electron chi connectivity index (χ0n) is 16.3. The van der Waals surface area contributed by atoms with Gasteiger partial charge in [-0.15, -0.1) is 0 Å².